The van der Waals surface area contributed by atoms with Crippen molar-refractivity contribution in [3.8, 4) is 0 Å². The highest BCUT2D eigenvalue weighted by molar-refractivity contribution is 6.10. The van der Waals surface area contributed by atoms with Gasteiger partial charge in [0, 0.05) is 17.8 Å². The number of hydrogen-bond donors (Lipinski definition) is 2. The van der Waals surface area contributed by atoms with E-state index in [9.17, 15) is 28.9 Å². The van der Waals surface area contributed by atoms with Crippen molar-refractivity contribution in [1.82, 2.24) is 10.2 Å². The van der Waals surface area contributed by atoms with Crippen LogP contribution in [0.15, 0.2) is 48.5 Å². The Morgan fingerprint density at radius 3 is 2.36 bits per heavy atom. The first-order valence-electron chi connectivity index (χ1n) is 8.15. The van der Waals surface area contributed by atoms with Crippen LogP contribution in [-0.2, 0) is 15.1 Å². The second kappa shape index (κ2) is 7.06. The molecule has 1 atom stereocenters. The van der Waals surface area contributed by atoms with E-state index in [-0.39, 0.29) is 5.69 Å². The summed E-state index contributed by atoms with van der Waals surface area (Å²) in [6.45, 7) is 0.914. The number of anilines is 1. The molecule has 1 aliphatic rings. The number of nitro groups is 1. The molecule has 0 saturated carbocycles. The van der Waals surface area contributed by atoms with Crippen LogP contribution in [0.5, 0.6) is 0 Å². The van der Waals surface area contributed by atoms with Crippen LogP contribution in [0, 0.1) is 15.9 Å². The zero-order valence-corrected chi connectivity index (χ0v) is 14.6. The summed E-state index contributed by atoms with van der Waals surface area (Å²) in [6.07, 6.45) is 0. The van der Waals surface area contributed by atoms with Crippen LogP contribution in [0.25, 0.3) is 0 Å². The van der Waals surface area contributed by atoms with Gasteiger partial charge in [-0.1, -0.05) is 0 Å². The van der Waals surface area contributed by atoms with Crippen molar-refractivity contribution in [3.63, 3.8) is 0 Å². The van der Waals surface area contributed by atoms with Gasteiger partial charge in [0.05, 0.1) is 4.92 Å². The molecule has 2 N–H and O–H groups in total. The quantitative estimate of drug-likeness (QED) is 0.463. The van der Waals surface area contributed by atoms with Gasteiger partial charge in [-0.25, -0.2) is 9.18 Å². The predicted molar refractivity (Wildman–Crippen MR) is 95.7 cm³/mol. The van der Waals surface area contributed by atoms with Crippen molar-refractivity contribution in [2.75, 3.05) is 11.9 Å². The van der Waals surface area contributed by atoms with Crippen molar-refractivity contribution < 1.29 is 23.7 Å². The second-order valence-corrected chi connectivity index (χ2v) is 6.31. The summed E-state index contributed by atoms with van der Waals surface area (Å²) in [5, 5.41) is 15.7. The van der Waals surface area contributed by atoms with E-state index < -0.39 is 40.7 Å². The summed E-state index contributed by atoms with van der Waals surface area (Å²) >= 11 is 0. The third kappa shape index (κ3) is 3.52. The molecule has 2 aromatic rings. The molecular formula is C18H15FN4O5. The molecule has 0 aliphatic carbocycles. The number of imide groups is 1. The van der Waals surface area contributed by atoms with Crippen molar-refractivity contribution in [2.24, 2.45) is 0 Å². The maximum atomic E-state index is 12.9. The molecule has 1 aliphatic heterocycles. The Hall–Kier alpha value is -3.82. The average Bonchev–Trinajstić information content (AvgIpc) is 2.88. The molecule has 3 rings (SSSR count). The van der Waals surface area contributed by atoms with Gasteiger partial charge >= 0.3 is 6.03 Å². The monoisotopic (exact) mass is 386 g/mol. The lowest BCUT2D eigenvalue weighted by atomic mass is 9.92. The fourth-order valence-corrected chi connectivity index (χ4v) is 2.83. The number of carbonyl (C=O) groups is 3. The number of nitro benzene ring substituents is 1. The minimum absolute atomic E-state index is 0.153. The number of benzene rings is 2. The van der Waals surface area contributed by atoms with Crippen LogP contribution in [0.3, 0.4) is 0 Å². The van der Waals surface area contributed by atoms with Crippen LogP contribution in [0.4, 0.5) is 20.6 Å². The van der Waals surface area contributed by atoms with E-state index in [0.717, 1.165) is 17.0 Å². The van der Waals surface area contributed by atoms with Crippen LogP contribution in [0.2, 0.25) is 0 Å². The number of urea groups is 1. The van der Waals surface area contributed by atoms with E-state index in [2.05, 4.69) is 10.6 Å². The predicted octanol–water partition coefficient (Wildman–Crippen LogP) is 2.14. The fraction of sp³-hybridized carbons (Fsp3) is 0.167. The Balaban J connectivity index is 1.74. The summed E-state index contributed by atoms with van der Waals surface area (Å²) in [4.78, 5) is 48.1. The number of halogens is 1. The molecule has 2 aromatic carbocycles. The number of rotatable bonds is 5. The van der Waals surface area contributed by atoms with Gasteiger partial charge in [0.15, 0.2) is 0 Å². The van der Waals surface area contributed by atoms with Gasteiger partial charge in [0.2, 0.25) is 5.91 Å². The van der Waals surface area contributed by atoms with Crippen molar-refractivity contribution in [1.29, 1.82) is 0 Å². The van der Waals surface area contributed by atoms with Crippen LogP contribution in [-0.4, -0.2) is 34.2 Å². The van der Waals surface area contributed by atoms with Crippen LogP contribution >= 0.6 is 0 Å². The third-order valence-electron chi connectivity index (χ3n) is 4.36. The van der Waals surface area contributed by atoms with E-state index in [1.807, 2.05) is 0 Å². The van der Waals surface area contributed by atoms with Gasteiger partial charge in [-0.05, 0) is 48.9 Å². The number of amides is 4. The Bertz CT molecular complexity index is 961. The van der Waals surface area contributed by atoms with Crippen LogP contribution in [0.1, 0.15) is 12.5 Å². The number of nitrogens with zero attached hydrogens (tertiary/aromatic N) is 2. The zero-order valence-electron chi connectivity index (χ0n) is 14.6. The highest BCUT2D eigenvalue weighted by atomic mass is 19.1. The molecule has 1 heterocycles. The molecule has 0 bridgehead atoms. The van der Waals surface area contributed by atoms with E-state index >= 15 is 0 Å². The highest BCUT2D eigenvalue weighted by Gasteiger charge is 2.49. The summed E-state index contributed by atoms with van der Waals surface area (Å²) in [7, 11) is 0. The minimum Gasteiger partial charge on any atom is -0.325 e. The molecular weight excluding hydrogens is 371 g/mol. The first-order chi connectivity index (χ1) is 13.2. The molecule has 0 aromatic heterocycles. The first-order valence-corrected chi connectivity index (χ1v) is 8.15. The summed E-state index contributed by atoms with van der Waals surface area (Å²) in [5.74, 6) is -1.77. The van der Waals surface area contributed by atoms with Gasteiger partial charge in [0.25, 0.3) is 11.6 Å². The number of nitrogens with one attached hydrogen (secondary N) is 2. The SMILES string of the molecule is C[C@@]1(c2ccc([N+](=O)[O-])cc2)NC(=O)N(CC(=O)Nc2ccc(F)cc2)C1=O. The van der Waals surface area contributed by atoms with E-state index in [4.69, 9.17) is 0 Å². The van der Waals surface area contributed by atoms with Gasteiger partial charge in [0.1, 0.15) is 17.9 Å². The Morgan fingerprint density at radius 2 is 1.79 bits per heavy atom. The molecule has 10 heteroatoms. The molecule has 0 radical (unpaired) electrons. The number of hydrogen-bond acceptors (Lipinski definition) is 5. The first kappa shape index (κ1) is 19.0. The Morgan fingerprint density at radius 1 is 1.18 bits per heavy atom. The van der Waals surface area contributed by atoms with Crippen molar-refractivity contribution in [2.45, 2.75) is 12.5 Å². The van der Waals surface area contributed by atoms with E-state index in [0.29, 0.717) is 11.3 Å². The minimum atomic E-state index is -1.46. The molecule has 144 valence electrons. The molecule has 1 fully saturated rings. The standard InChI is InChI=1S/C18H15FN4O5/c1-18(11-2-8-14(9-3-11)23(27)28)16(25)22(17(26)21-18)10-15(24)20-13-6-4-12(19)5-7-13/h2-9H,10H2,1H3,(H,20,24)(H,21,26)/t18-/m0/s1. The number of non-ortho nitro benzene ring substituents is 1. The summed E-state index contributed by atoms with van der Waals surface area (Å²) < 4.78 is 12.9. The fourth-order valence-electron chi connectivity index (χ4n) is 2.83. The van der Waals surface area contributed by atoms with E-state index in [1.54, 1.807) is 0 Å². The normalized spacial score (nSPS) is 18.7. The maximum Gasteiger partial charge on any atom is 0.325 e. The lowest BCUT2D eigenvalue weighted by Crippen LogP contribution is -2.42. The maximum absolute atomic E-state index is 12.9. The molecule has 28 heavy (non-hydrogen) atoms. The molecule has 9 nitrogen and oxygen atoms in total. The molecule has 1 saturated heterocycles. The topological polar surface area (TPSA) is 122 Å². The van der Waals surface area contributed by atoms with Crippen LogP contribution < -0.4 is 10.6 Å². The second-order valence-electron chi connectivity index (χ2n) is 6.31. The third-order valence-corrected chi connectivity index (χ3v) is 4.36. The largest absolute Gasteiger partial charge is 0.325 e. The Kier molecular flexibility index (Phi) is 4.78. The lowest BCUT2D eigenvalue weighted by molar-refractivity contribution is -0.384. The van der Waals surface area contributed by atoms with E-state index in [1.165, 1.54) is 43.3 Å². The molecule has 0 unspecified atom stereocenters. The molecule has 0 spiro atoms. The molecule has 4 amide bonds. The van der Waals surface area contributed by atoms with Crippen molar-refractivity contribution in [3.05, 3.63) is 70.0 Å². The van der Waals surface area contributed by atoms with Gasteiger partial charge in [-0.2, -0.15) is 0 Å². The highest BCUT2D eigenvalue weighted by Crippen LogP contribution is 2.30. The Labute approximate surface area is 158 Å². The van der Waals surface area contributed by atoms with Gasteiger partial charge in [-0.3, -0.25) is 24.6 Å². The van der Waals surface area contributed by atoms with Crippen molar-refractivity contribution >= 4 is 29.2 Å². The summed E-state index contributed by atoms with van der Waals surface area (Å²) in [6, 6.07) is 9.45. The smallest absolute Gasteiger partial charge is 0.325 e. The van der Waals surface area contributed by atoms with Gasteiger partial charge < -0.3 is 10.6 Å². The summed E-state index contributed by atoms with van der Waals surface area (Å²) in [5.41, 5.74) is -0.948. The zero-order chi connectivity index (χ0) is 20.5. The average molecular weight is 386 g/mol. The van der Waals surface area contributed by atoms with Gasteiger partial charge in [-0.15, -0.1) is 0 Å². The number of carbonyl (C=O) groups excluding carboxylic acids is 3. The lowest BCUT2D eigenvalue weighted by Gasteiger charge is -2.22.